The lowest BCUT2D eigenvalue weighted by Gasteiger charge is -2.43. The lowest BCUT2D eigenvalue weighted by molar-refractivity contribution is -0.191. The van der Waals surface area contributed by atoms with Gasteiger partial charge >= 0.3 is 24.6 Å². The number of ether oxygens (including phenoxy) is 2. The molecule has 0 unspecified atom stereocenters. The van der Waals surface area contributed by atoms with Gasteiger partial charge in [-0.3, -0.25) is 14.6 Å². The van der Waals surface area contributed by atoms with Crippen molar-refractivity contribution in [1.82, 2.24) is 20.0 Å². The van der Waals surface area contributed by atoms with Crippen LogP contribution in [0.25, 0.3) is 0 Å². The standard InChI is InChI=1S/C26H39F3N2O2.C18H23F3N2O2.CO2/c1-23(2,3)25(9-7-8-10-25)20-15-19(16-21(17-20)26(27,28)29)18-30-11-13-31(14-12-30)22(32)33-24(4,5)6;19-18(20,21)16-10-14(12-23-7-5-22-6-8-23)9-15(11-16)17(25-13-24)3-1-2-4-17;2-1-3/h15-17H,7-14,18H2,1-6H3;9-11,13,22H,1-8,12H2;. The number of alkyl halides is 6. The Kier molecular flexibility index (Phi) is 16.7. The lowest BCUT2D eigenvalue weighted by Crippen LogP contribution is -2.49. The minimum absolute atomic E-state index is 0.121. The second-order valence-corrected chi connectivity index (χ2v) is 18.6. The SMILES string of the molecule is CC(C)(C)OC(=O)N1CCN(Cc2cc(C(F)(F)F)cc(C3(C(C)(C)C)CCCC3)c2)CC1.O=C=O.O=COC1(c2cc(CN3CCNCC3)cc(C(F)(F)F)c2)CCCC1. The van der Waals surface area contributed by atoms with Crippen LogP contribution in [0.15, 0.2) is 36.4 Å². The monoisotopic (exact) mass is 868 g/mol. The van der Waals surface area contributed by atoms with Gasteiger partial charge in [0.05, 0.1) is 11.1 Å². The van der Waals surface area contributed by atoms with Crippen LogP contribution in [0.1, 0.15) is 126 Å². The summed E-state index contributed by atoms with van der Waals surface area (Å²) in [6.07, 6.45) is -2.11. The molecule has 16 heteroatoms. The van der Waals surface area contributed by atoms with Gasteiger partial charge in [0, 0.05) is 70.9 Å². The first-order chi connectivity index (χ1) is 28.4. The molecule has 2 heterocycles. The predicted octanol–water partition coefficient (Wildman–Crippen LogP) is 9.09. The summed E-state index contributed by atoms with van der Waals surface area (Å²) in [5, 5.41) is 3.23. The van der Waals surface area contributed by atoms with E-state index in [1.54, 1.807) is 11.0 Å². The Hall–Kier alpha value is -3.98. The van der Waals surface area contributed by atoms with E-state index in [4.69, 9.17) is 19.1 Å². The fourth-order valence-electron chi connectivity index (χ4n) is 9.20. The number of carbonyl (C=O) groups is 2. The fraction of sp³-hybridized carbons (Fsp3) is 0.667. The number of piperazine rings is 2. The molecule has 4 aliphatic rings. The quantitative estimate of drug-likeness (QED) is 0.205. The van der Waals surface area contributed by atoms with Crippen molar-refractivity contribution < 1.29 is 55.0 Å². The van der Waals surface area contributed by atoms with Crippen LogP contribution in [0.2, 0.25) is 0 Å². The number of rotatable bonds is 8. The van der Waals surface area contributed by atoms with Crippen LogP contribution in [0, 0.1) is 5.41 Å². The smallest absolute Gasteiger partial charge is 0.416 e. The molecule has 0 bridgehead atoms. The number of carbonyl (C=O) groups excluding carboxylic acids is 4. The summed E-state index contributed by atoms with van der Waals surface area (Å²) in [4.78, 5) is 45.5. The number of hydrogen-bond acceptors (Lipinski definition) is 9. The normalized spacial score (nSPS) is 19.8. The molecule has 2 aliphatic heterocycles. The van der Waals surface area contributed by atoms with E-state index >= 15 is 0 Å². The molecular formula is C45H62F6N4O6. The van der Waals surface area contributed by atoms with Crippen LogP contribution in [-0.4, -0.2) is 91.4 Å². The van der Waals surface area contributed by atoms with Gasteiger partial charge in [-0.1, -0.05) is 45.7 Å². The number of nitrogens with zero attached hydrogens (tertiary/aromatic N) is 3. The first-order valence-electron chi connectivity index (χ1n) is 21.1. The van der Waals surface area contributed by atoms with Gasteiger partial charge in [0.1, 0.15) is 11.2 Å². The molecule has 0 spiro atoms. The largest absolute Gasteiger partial charge is 0.456 e. The first-order valence-corrected chi connectivity index (χ1v) is 21.1. The first kappa shape index (κ1) is 49.7. The summed E-state index contributed by atoms with van der Waals surface area (Å²) in [5.41, 5.74) is -0.445. The van der Waals surface area contributed by atoms with E-state index in [2.05, 4.69) is 35.9 Å². The van der Waals surface area contributed by atoms with Crippen LogP contribution in [-0.2, 0) is 60.3 Å². The van der Waals surface area contributed by atoms with Gasteiger partial charge in [0.15, 0.2) is 0 Å². The molecule has 1 amide bonds. The Morgan fingerprint density at radius 3 is 1.57 bits per heavy atom. The molecular weight excluding hydrogens is 807 g/mol. The number of halogens is 6. The third kappa shape index (κ3) is 13.5. The van der Waals surface area contributed by atoms with Gasteiger partial charge in [0.2, 0.25) is 0 Å². The van der Waals surface area contributed by atoms with Crippen LogP contribution in [0.5, 0.6) is 0 Å². The Balaban J connectivity index is 0.000000260. The highest BCUT2D eigenvalue weighted by molar-refractivity contribution is 5.68. The van der Waals surface area contributed by atoms with E-state index in [0.29, 0.717) is 75.3 Å². The molecule has 0 aromatic heterocycles. The summed E-state index contributed by atoms with van der Waals surface area (Å²) >= 11 is 0. The highest BCUT2D eigenvalue weighted by Crippen LogP contribution is 2.53. The summed E-state index contributed by atoms with van der Waals surface area (Å²) in [6, 6.07) is 8.85. The zero-order valence-corrected chi connectivity index (χ0v) is 36.3. The van der Waals surface area contributed by atoms with E-state index in [1.165, 1.54) is 18.2 Å². The molecule has 61 heavy (non-hydrogen) atoms. The number of amides is 1. The van der Waals surface area contributed by atoms with Gasteiger partial charge in [-0.15, -0.1) is 0 Å². The van der Waals surface area contributed by atoms with E-state index in [0.717, 1.165) is 76.3 Å². The van der Waals surface area contributed by atoms with Gasteiger partial charge in [0.25, 0.3) is 6.47 Å². The lowest BCUT2D eigenvalue weighted by atomic mass is 9.61. The number of nitrogens with one attached hydrogen (secondary N) is 1. The van der Waals surface area contributed by atoms with Crippen molar-refractivity contribution in [3.05, 3.63) is 69.8 Å². The highest BCUT2D eigenvalue weighted by atomic mass is 19.4. The molecule has 0 radical (unpaired) electrons. The van der Waals surface area contributed by atoms with Crippen molar-refractivity contribution in [3.8, 4) is 0 Å². The third-order valence-electron chi connectivity index (χ3n) is 12.3. The van der Waals surface area contributed by atoms with Crippen LogP contribution in [0.4, 0.5) is 31.1 Å². The molecule has 2 saturated heterocycles. The number of benzene rings is 2. The van der Waals surface area contributed by atoms with Gasteiger partial charge in [-0.05, 0) is 111 Å². The number of hydrogen-bond donors (Lipinski definition) is 1. The second-order valence-electron chi connectivity index (χ2n) is 18.6. The molecule has 2 aromatic rings. The molecule has 6 rings (SSSR count). The average molecular weight is 869 g/mol. The summed E-state index contributed by atoms with van der Waals surface area (Å²) < 4.78 is 92.4. The molecule has 340 valence electrons. The minimum Gasteiger partial charge on any atom is -0.456 e. The molecule has 0 atom stereocenters. The molecule has 10 nitrogen and oxygen atoms in total. The van der Waals surface area contributed by atoms with Crippen molar-refractivity contribution in [3.63, 3.8) is 0 Å². The minimum atomic E-state index is -4.42. The zero-order chi connectivity index (χ0) is 45.3. The summed E-state index contributed by atoms with van der Waals surface area (Å²) in [7, 11) is 0. The van der Waals surface area contributed by atoms with Crippen LogP contribution < -0.4 is 5.32 Å². The van der Waals surface area contributed by atoms with Crippen molar-refractivity contribution in [2.45, 2.75) is 135 Å². The highest BCUT2D eigenvalue weighted by Gasteiger charge is 2.46. The van der Waals surface area contributed by atoms with E-state index in [9.17, 15) is 35.9 Å². The molecule has 1 N–H and O–H groups in total. The molecule has 2 aliphatic carbocycles. The van der Waals surface area contributed by atoms with E-state index in [1.807, 2.05) is 26.8 Å². The molecule has 4 fully saturated rings. The van der Waals surface area contributed by atoms with Gasteiger partial charge < -0.3 is 19.7 Å². The third-order valence-corrected chi connectivity index (χ3v) is 12.3. The maximum absolute atomic E-state index is 13.8. The average Bonchev–Trinajstić information content (AvgIpc) is 3.87. The maximum atomic E-state index is 13.8. The maximum Gasteiger partial charge on any atom is 0.416 e. The topological polar surface area (TPSA) is 108 Å². The second kappa shape index (κ2) is 20.5. The van der Waals surface area contributed by atoms with Crippen LogP contribution in [0.3, 0.4) is 0 Å². The Morgan fingerprint density at radius 1 is 0.689 bits per heavy atom. The predicted molar refractivity (Wildman–Crippen MR) is 216 cm³/mol. The summed E-state index contributed by atoms with van der Waals surface area (Å²) in [5.74, 6) is 0. The Bertz CT molecular complexity index is 1790. The van der Waals surface area contributed by atoms with Crippen molar-refractivity contribution >= 4 is 18.7 Å². The Labute approximate surface area is 355 Å². The van der Waals surface area contributed by atoms with Crippen LogP contribution >= 0.6 is 0 Å². The Morgan fingerprint density at radius 2 is 1.13 bits per heavy atom. The van der Waals surface area contributed by atoms with Crippen molar-refractivity contribution in [1.29, 1.82) is 0 Å². The van der Waals surface area contributed by atoms with E-state index < -0.39 is 34.7 Å². The summed E-state index contributed by atoms with van der Waals surface area (Å²) in [6.45, 7) is 18.7. The van der Waals surface area contributed by atoms with Gasteiger partial charge in [-0.2, -0.15) is 35.9 Å². The molecule has 2 aromatic carbocycles. The zero-order valence-electron chi connectivity index (χ0n) is 36.3. The fourth-order valence-corrected chi connectivity index (χ4v) is 9.20. The van der Waals surface area contributed by atoms with E-state index in [-0.39, 0.29) is 23.1 Å². The van der Waals surface area contributed by atoms with Gasteiger partial charge in [-0.25, -0.2) is 4.79 Å². The van der Waals surface area contributed by atoms with Crippen molar-refractivity contribution in [2.75, 3.05) is 52.4 Å². The van der Waals surface area contributed by atoms with Crippen molar-refractivity contribution in [2.24, 2.45) is 5.41 Å². The molecule has 2 saturated carbocycles.